The van der Waals surface area contributed by atoms with E-state index in [9.17, 15) is 39.6 Å². The van der Waals surface area contributed by atoms with Crippen molar-refractivity contribution >= 4 is 15.7 Å². The van der Waals surface area contributed by atoms with Crippen molar-refractivity contribution in [3.8, 4) is 0 Å². The van der Waals surface area contributed by atoms with Crippen LogP contribution in [0.15, 0.2) is 40.5 Å². The summed E-state index contributed by atoms with van der Waals surface area (Å²) in [7, 11) is -3.05. The van der Waals surface area contributed by atoms with E-state index < -0.39 is 61.1 Å². The number of aromatic nitrogens is 2. The molecule has 6 nitrogen and oxygen atoms in total. The number of aryl methyl sites for hydroxylation is 1. The Balaban J connectivity index is 2.70. The highest BCUT2D eigenvalue weighted by molar-refractivity contribution is 7.91. The highest BCUT2D eigenvalue weighted by Crippen LogP contribution is 2.31. The average Bonchev–Trinajstić information content (AvgIpc) is 2.61. The predicted molar refractivity (Wildman–Crippen MR) is 87.3 cm³/mol. The fourth-order valence-corrected chi connectivity index (χ4v) is 3.21. The molecule has 0 atom stereocenters. The predicted octanol–water partition coefficient (Wildman–Crippen LogP) is 2.99. The molecule has 158 valence electrons. The third-order valence-electron chi connectivity index (χ3n) is 3.76. The second-order valence-corrected chi connectivity index (χ2v) is 8.02. The van der Waals surface area contributed by atoms with Crippen LogP contribution in [0.3, 0.4) is 0 Å². The van der Waals surface area contributed by atoms with Crippen molar-refractivity contribution in [3.05, 3.63) is 52.9 Å². The van der Waals surface area contributed by atoms with Gasteiger partial charge in [0.2, 0.25) is 0 Å². The van der Waals surface area contributed by atoms with Gasteiger partial charge in [-0.25, -0.2) is 13.4 Å². The molecule has 29 heavy (non-hydrogen) atoms. The number of carbonyl (C=O) groups excluding carboxylic acids is 1. The third kappa shape index (κ3) is 5.02. The topological polar surface area (TPSA) is 81.4 Å². The molecular formula is C16H13F6N3O3S. The van der Waals surface area contributed by atoms with Crippen LogP contribution in [0.25, 0.3) is 0 Å². The molecule has 0 aromatic carbocycles. The Labute approximate surface area is 160 Å². The third-order valence-corrected chi connectivity index (χ3v) is 5.51. The molecule has 0 N–H and O–H groups in total. The Morgan fingerprint density at radius 1 is 1.10 bits per heavy atom. The molecule has 0 saturated heterocycles. The highest BCUT2D eigenvalue weighted by Gasteiger charge is 2.34. The van der Waals surface area contributed by atoms with Crippen LogP contribution in [0.5, 0.6) is 0 Å². The number of pyridine rings is 2. The lowest BCUT2D eigenvalue weighted by Gasteiger charge is -2.11. The van der Waals surface area contributed by atoms with Crippen molar-refractivity contribution in [2.45, 2.75) is 24.2 Å². The van der Waals surface area contributed by atoms with Crippen molar-refractivity contribution in [2.75, 3.05) is 5.75 Å². The zero-order valence-electron chi connectivity index (χ0n) is 14.8. The summed E-state index contributed by atoms with van der Waals surface area (Å²) in [5, 5.41) is 0. The van der Waals surface area contributed by atoms with Gasteiger partial charge in [-0.15, -0.1) is 0 Å². The van der Waals surface area contributed by atoms with Gasteiger partial charge in [0.15, 0.2) is 9.84 Å². The molecule has 0 fully saturated rings. The number of rotatable bonds is 3. The van der Waals surface area contributed by atoms with Gasteiger partial charge in [-0.2, -0.15) is 31.3 Å². The maximum absolute atomic E-state index is 12.9. The summed E-state index contributed by atoms with van der Waals surface area (Å²) in [6.07, 6.45) is -8.43. The van der Waals surface area contributed by atoms with E-state index in [1.54, 1.807) is 0 Å². The number of sulfone groups is 1. The molecule has 13 heteroatoms. The van der Waals surface area contributed by atoms with E-state index in [2.05, 4.69) is 9.98 Å². The van der Waals surface area contributed by atoms with E-state index in [-0.39, 0.29) is 12.3 Å². The van der Waals surface area contributed by atoms with Crippen LogP contribution in [0.4, 0.5) is 26.3 Å². The second kappa shape index (κ2) is 7.61. The molecule has 0 aliphatic rings. The van der Waals surface area contributed by atoms with Gasteiger partial charge in [-0.3, -0.25) is 4.79 Å². The summed E-state index contributed by atoms with van der Waals surface area (Å²) in [5.41, 5.74) is -3.93. The monoisotopic (exact) mass is 441 g/mol. The maximum Gasteiger partial charge on any atom is 0.417 e. The number of carbonyl (C=O) groups is 1. The van der Waals surface area contributed by atoms with E-state index >= 15 is 0 Å². The molecule has 0 aliphatic carbocycles. The normalized spacial score (nSPS) is 13.6. The molecule has 2 aromatic rings. The van der Waals surface area contributed by atoms with Gasteiger partial charge in [0, 0.05) is 19.4 Å². The van der Waals surface area contributed by atoms with Gasteiger partial charge in [-0.05, 0) is 18.2 Å². The molecule has 2 rings (SSSR count). The van der Waals surface area contributed by atoms with Crippen molar-refractivity contribution < 1.29 is 39.6 Å². The molecule has 1 amide bonds. The van der Waals surface area contributed by atoms with Crippen molar-refractivity contribution in [3.63, 3.8) is 0 Å². The Morgan fingerprint density at radius 2 is 1.69 bits per heavy atom. The van der Waals surface area contributed by atoms with Crippen LogP contribution >= 0.6 is 0 Å². The van der Waals surface area contributed by atoms with Crippen LogP contribution in [0.2, 0.25) is 0 Å². The zero-order valence-corrected chi connectivity index (χ0v) is 15.7. The van der Waals surface area contributed by atoms with Crippen LogP contribution < -0.4 is 5.49 Å². The van der Waals surface area contributed by atoms with E-state index in [1.165, 1.54) is 7.05 Å². The number of hydrogen-bond donors (Lipinski definition) is 0. The number of halogens is 6. The molecule has 0 spiro atoms. The highest BCUT2D eigenvalue weighted by atomic mass is 32.2. The molecule has 0 saturated carbocycles. The maximum atomic E-state index is 12.9. The fraction of sp³-hybridized carbons (Fsp3) is 0.312. The first-order chi connectivity index (χ1) is 13.2. The van der Waals surface area contributed by atoms with E-state index in [0.717, 1.165) is 23.8 Å². The Hall–Kier alpha value is -2.70. The molecule has 2 aromatic heterocycles. The Kier molecular flexibility index (Phi) is 5.93. The first-order valence-corrected chi connectivity index (χ1v) is 9.45. The molecule has 2 heterocycles. The lowest BCUT2D eigenvalue weighted by Crippen LogP contribution is -2.23. The smallest absolute Gasteiger partial charge is 0.336 e. The van der Waals surface area contributed by atoms with Gasteiger partial charge in [0.25, 0.3) is 5.91 Å². The zero-order chi connectivity index (χ0) is 22.2. The first-order valence-electron chi connectivity index (χ1n) is 7.79. The summed E-state index contributed by atoms with van der Waals surface area (Å²) >= 11 is 0. The lowest BCUT2D eigenvalue weighted by molar-refractivity contribution is -0.138. The quantitative estimate of drug-likeness (QED) is 0.686. The minimum Gasteiger partial charge on any atom is -0.336 e. The fourth-order valence-electron chi connectivity index (χ4n) is 2.15. The number of amides is 1. The molecule has 0 radical (unpaired) electrons. The summed E-state index contributed by atoms with van der Waals surface area (Å²) < 4.78 is 103. The SMILES string of the molecule is CCS(=O)(=O)c1cc(C(F)(F)F)cnc1C(=O)N=c1cc(C(F)(F)F)ccn1C. The van der Waals surface area contributed by atoms with Gasteiger partial charge in [0.05, 0.1) is 21.8 Å². The first kappa shape index (κ1) is 22.6. The number of alkyl halides is 6. The molecule has 0 unspecified atom stereocenters. The van der Waals surface area contributed by atoms with E-state index in [0.29, 0.717) is 6.07 Å². The standard InChI is InChI=1S/C16H13F6N3O3S/c1-3-29(27,28)11-6-10(16(20,21)22)8-23-13(11)14(26)24-12-7-9(15(17,18)19)4-5-25(12)2/h4-8H,3H2,1-2H3. The lowest BCUT2D eigenvalue weighted by atomic mass is 10.2. The molecule has 0 aliphatic heterocycles. The second-order valence-electron chi connectivity index (χ2n) is 5.77. The summed E-state index contributed by atoms with van der Waals surface area (Å²) in [4.78, 5) is 18.1. The van der Waals surface area contributed by atoms with Gasteiger partial charge >= 0.3 is 12.4 Å². The number of hydrogen-bond acceptors (Lipinski definition) is 4. The van der Waals surface area contributed by atoms with E-state index in [4.69, 9.17) is 0 Å². The molecule has 0 bridgehead atoms. The molecular weight excluding hydrogens is 428 g/mol. The Bertz CT molecular complexity index is 1120. The number of nitrogens with zero attached hydrogens (tertiary/aromatic N) is 3. The van der Waals surface area contributed by atoms with Crippen LogP contribution in [-0.4, -0.2) is 29.6 Å². The van der Waals surface area contributed by atoms with E-state index in [1.807, 2.05) is 0 Å². The van der Waals surface area contributed by atoms with Crippen molar-refractivity contribution in [1.29, 1.82) is 0 Å². The summed E-state index contributed by atoms with van der Waals surface area (Å²) in [6.45, 7) is 1.15. The van der Waals surface area contributed by atoms with Crippen molar-refractivity contribution in [1.82, 2.24) is 9.55 Å². The average molecular weight is 441 g/mol. The van der Waals surface area contributed by atoms with Crippen LogP contribution in [-0.2, 0) is 29.2 Å². The Morgan fingerprint density at radius 3 is 2.21 bits per heavy atom. The van der Waals surface area contributed by atoms with Crippen LogP contribution in [0, 0.1) is 0 Å². The van der Waals surface area contributed by atoms with Gasteiger partial charge in [-0.1, -0.05) is 6.92 Å². The summed E-state index contributed by atoms with van der Waals surface area (Å²) in [5.74, 6) is -2.03. The van der Waals surface area contributed by atoms with Crippen LogP contribution in [0.1, 0.15) is 28.5 Å². The van der Waals surface area contributed by atoms with Gasteiger partial charge < -0.3 is 4.57 Å². The summed E-state index contributed by atoms with van der Waals surface area (Å²) in [6, 6.07) is 1.52. The van der Waals surface area contributed by atoms with Crippen molar-refractivity contribution in [2.24, 2.45) is 12.0 Å². The minimum atomic E-state index is -4.92. The van der Waals surface area contributed by atoms with Gasteiger partial charge in [0.1, 0.15) is 11.2 Å². The minimum absolute atomic E-state index is 0.251. The largest absolute Gasteiger partial charge is 0.417 e.